The molecule has 0 bridgehead atoms. The molecule has 0 atom stereocenters. The second-order valence-electron chi connectivity index (χ2n) is 5.68. The molecular formula is C17H17N5. The molecule has 110 valence electrons. The lowest BCUT2D eigenvalue weighted by Gasteiger charge is -2.03. The van der Waals surface area contributed by atoms with Gasteiger partial charge in [-0.2, -0.15) is 0 Å². The average Bonchev–Trinajstić information content (AvgIpc) is 3.11. The maximum absolute atomic E-state index is 5.74. The van der Waals surface area contributed by atoms with Crippen molar-refractivity contribution in [3.63, 3.8) is 0 Å². The summed E-state index contributed by atoms with van der Waals surface area (Å²) in [6.07, 6.45) is 2.58. The van der Waals surface area contributed by atoms with Crippen LogP contribution in [0, 0.1) is 6.92 Å². The molecule has 0 amide bonds. The fraction of sp³-hybridized carbons (Fsp3) is 0.235. The zero-order valence-corrected chi connectivity index (χ0v) is 12.7. The Bertz CT molecular complexity index is 920. The minimum Gasteiger partial charge on any atom is -0.332 e. The first-order chi connectivity index (χ1) is 10.7. The second-order valence-corrected chi connectivity index (χ2v) is 5.68. The van der Waals surface area contributed by atoms with E-state index < -0.39 is 0 Å². The Kier molecular flexibility index (Phi) is 2.84. The van der Waals surface area contributed by atoms with E-state index in [0.29, 0.717) is 6.54 Å². The SMILES string of the molecule is Cc1nc2c(c3c1ncn3C)N=C(c1cccc(CN)c1)C2. The molecule has 1 aliphatic heterocycles. The van der Waals surface area contributed by atoms with Crippen LogP contribution in [0.2, 0.25) is 0 Å². The highest BCUT2D eigenvalue weighted by molar-refractivity contribution is 6.09. The molecule has 0 fully saturated rings. The summed E-state index contributed by atoms with van der Waals surface area (Å²) in [5, 5.41) is 0. The van der Waals surface area contributed by atoms with Crippen molar-refractivity contribution in [2.24, 2.45) is 17.8 Å². The zero-order valence-electron chi connectivity index (χ0n) is 12.7. The largest absolute Gasteiger partial charge is 0.332 e. The van der Waals surface area contributed by atoms with Gasteiger partial charge < -0.3 is 10.3 Å². The van der Waals surface area contributed by atoms with Gasteiger partial charge in [-0.1, -0.05) is 18.2 Å². The Morgan fingerprint density at radius 3 is 3.00 bits per heavy atom. The summed E-state index contributed by atoms with van der Waals surface area (Å²) >= 11 is 0. The molecule has 0 spiro atoms. The molecule has 3 heterocycles. The molecule has 4 rings (SSSR count). The van der Waals surface area contributed by atoms with Crippen LogP contribution in [0.25, 0.3) is 11.0 Å². The maximum atomic E-state index is 5.74. The smallest absolute Gasteiger partial charge is 0.112 e. The summed E-state index contributed by atoms with van der Waals surface area (Å²) < 4.78 is 2.02. The van der Waals surface area contributed by atoms with Crippen LogP contribution in [0.1, 0.15) is 22.5 Å². The summed E-state index contributed by atoms with van der Waals surface area (Å²) in [4.78, 5) is 14.0. The Morgan fingerprint density at radius 1 is 1.32 bits per heavy atom. The molecule has 3 aromatic rings. The fourth-order valence-corrected chi connectivity index (χ4v) is 3.04. The van der Waals surface area contributed by atoms with Gasteiger partial charge in [-0.15, -0.1) is 0 Å². The highest BCUT2D eigenvalue weighted by Gasteiger charge is 2.23. The van der Waals surface area contributed by atoms with Crippen LogP contribution < -0.4 is 5.73 Å². The Balaban J connectivity index is 1.88. The van der Waals surface area contributed by atoms with E-state index >= 15 is 0 Å². The van der Waals surface area contributed by atoms with Crippen LogP contribution >= 0.6 is 0 Å². The number of hydrogen-bond donors (Lipinski definition) is 1. The molecule has 0 saturated carbocycles. The number of hydrogen-bond acceptors (Lipinski definition) is 4. The number of benzene rings is 1. The molecule has 0 saturated heterocycles. The van der Waals surface area contributed by atoms with Crippen molar-refractivity contribution in [3.05, 3.63) is 53.1 Å². The Morgan fingerprint density at radius 2 is 2.18 bits per heavy atom. The number of rotatable bonds is 2. The predicted molar refractivity (Wildman–Crippen MR) is 87.5 cm³/mol. The third-order valence-corrected chi connectivity index (χ3v) is 4.16. The fourth-order valence-electron chi connectivity index (χ4n) is 3.04. The number of aliphatic imine (C=N–C) groups is 1. The highest BCUT2D eigenvalue weighted by Crippen LogP contribution is 2.35. The normalized spacial score (nSPS) is 13.5. The van der Waals surface area contributed by atoms with Crippen molar-refractivity contribution in [3.8, 4) is 0 Å². The van der Waals surface area contributed by atoms with Gasteiger partial charge in [0.2, 0.25) is 0 Å². The lowest BCUT2D eigenvalue weighted by Crippen LogP contribution is -2.04. The van der Waals surface area contributed by atoms with Crippen LogP contribution in [-0.2, 0) is 20.0 Å². The predicted octanol–water partition coefficient (Wildman–Crippen LogP) is 2.41. The first-order valence-electron chi connectivity index (χ1n) is 7.35. The van der Waals surface area contributed by atoms with E-state index in [2.05, 4.69) is 17.1 Å². The number of nitrogens with two attached hydrogens (primary N) is 1. The third kappa shape index (κ3) is 1.86. The van der Waals surface area contributed by atoms with Gasteiger partial charge in [-0.3, -0.25) is 4.98 Å². The quantitative estimate of drug-likeness (QED) is 0.788. The molecule has 1 aromatic carbocycles. The van der Waals surface area contributed by atoms with Gasteiger partial charge in [-0.05, 0) is 24.1 Å². The molecule has 1 aliphatic rings. The summed E-state index contributed by atoms with van der Waals surface area (Å²) in [7, 11) is 2.00. The van der Waals surface area contributed by atoms with Crippen LogP contribution in [0.4, 0.5) is 5.69 Å². The van der Waals surface area contributed by atoms with Crippen LogP contribution in [0.3, 0.4) is 0 Å². The van der Waals surface area contributed by atoms with Crippen LogP contribution in [0.5, 0.6) is 0 Å². The number of nitrogens with zero attached hydrogens (tertiary/aromatic N) is 4. The summed E-state index contributed by atoms with van der Waals surface area (Å²) in [6.45, 7) is 2.54. The molecule has 22 heavy (non-hydrogen) atoms. The van der Waals surface area contributed by atoms with E-state index in [1.807, 2.05) is 37.0 Å². The molecule has 2 N–H and O–H groups in total. The monoisotopic (exact) mass is 291 g/mol. The van der Waals surface area contributed by atoms with Gasteiger partial charge in [0.05, 0.1) is 28.9 Å². The number of aryl methyl sites for hydroxylation is 2. The van der Waals surface area contributed by atoms with Crippen molar-refractivity contribution in [1.82, 2.24) is 14.5 Å². The van der Waals surface area contributed by atoms with Gasteiger partial charge in [0, 0.05) is 20.0 Å². The third-order valence-electron chi connectivity index (χ3n) is 4.16. The van der Waals surface area contributed by atoms with E-state index in [1.54, 1.807) is 0 Å². The lowest BCUT2D eigenvalue weighted by atomic mass is 10.0. The molecule has 5 heteroatoms. The Labute approximate surface area is 128 Å². The molecule has 0 aliphatic carbocycles. The number of aromatic nitrogens is 3. The Hall–Kier alpha value is -2.53. The molecule has 0 unspecified atom stereocenters. The maximum Gasteiger partial charge on any atom is 0.112 e. The van der Waals surface area contributed by atoms with Gasteiger partial charge >= 0.3 is 0 Å². The topological polar surface area (TPSA) is 69.1 Å². The van der Waals surface area contributed by atoms with E-state index in [9.17, 15) is 0 Å². The minimum atomic E-state index is 0.539. The molecule has 2 aromatic heterocycles. The summed E-state index contributed by atoms with van der Waals surface area (Å²) in [6, 6.07) is 8.25. The molecule has 0 radical (unpaired) electrons. The molecular weight excluding hydrogens is 274 g/mol. The van der Waals surface area contributed by atoms with Crippen molar-refractivity contribution < 1.29 is 0 Å². The first kappa shape index (κ1) is 13.2. The number of imidazole rings is 1. The number of pyridine rings is 1. The van der Waals surface area contributed by atoms with E-state index in [1.165, 1.54) is 0 Å². The highest BCUT2D eigenvalue weighted by atomic mass is 15.1. The number of fused-ring (bicyclic) bond motifs is 3. The average molecular weight is 291 g/mol. The van der Waals surface area contributed by atoms with Gasteiger partial charge in [-0.25, -0.2) is 9.98 Å². The van der Waals surface area contributed by atoms with Gasteiger partial charge in [0.15, 0.2) is 0 Å². The lowest BCUT2D eigenvalue weighted by molar-refractivity contribution is 0.946. The summed E-state index contributed by atoms with van der Waals surface area (Å²) in [5.41, 5.74) is 14.0. The van der Waals surface area contributed by atoms with Gasteiger partial charge in [0.25, 0.3) is 0 Å². The van der Waals surface area contributed by atoms with Crippen molar-refractivity contribution in [2.75, 3.05) is 0 Å². The van der Waals surface area contributed by atoms with E-state index in [-0.39, 0.29) is 0 Å². The summed E-state index contributed by atoms with van der Waals surface area (Å²) in [5.74, 6) is 0. The second kappa shape index (κ2) is 4.74. The molecule has 5 nitrogen and oxygen atoms in total. The standard InChI is InChI=1S/C17H17N5/c1-10-15-17(22(2)9-19-15)16-14(20-10)7-13(21-16)12-5-3-4-11(6-12)8-18/h3-6,9H,7-8,18H2,1-2H3. The minimum absolute atomic E-state index is 0.539. The van der Waals surface area contributed by atoms with Crippen molar-refractivity contribution in [2.45, 2.75) is 19.9 Å². The van der Waals surface area contributed by atoms with Crippen LogP contribution in [0.15, 0.2) is 35.6 Å². The zero-order chi connectivity index (χ0) is 15.3. The van der Waals surface area contributed by atoms with E-state index in [0.717, 1.165) is 51.4 Å². The van der Waals surface area contributed by atoms with Crippen molar-refractivity contribution >= 4 is 22.4 Å². The van der Waals surface area contributed by atoms with E-state index in [4.69, 9.17) is 15.7 Å². The van der Waals surface area contributed by atoms with Crippen LogP contribution in [-0.4, -0.2) is 20.2 Å². The van der Waals surface area contributed by atoms with Gasteiger partial charge in [0.1, 0.15) is 11.2 Å². The first-order valence-corrected chi connectivity index (χ1v) is 7.35. The van der Waals surface area contributed by atoms with Crippen molar-refractivity contribution in [1.29, 1.82) is 0 Å².